The molecule has 0 spiro atoms. The fourth-order valence-corrected chi connectivity index (χ4v) is 2.36. The van der Waals surface area contributed by atoms with Crippen molar-refractivity contribution in [3.05, 3.63) is 35.4 Å². The molecule has 4 heteroatoms. The predicted molar refractivity (Wildman–Crippen MR) is 94.2 cm³/mol. The van der Waals surface area contributed by atoms with Crippen molar-refractivity contribution in [1.29, 1.82) is 0 Å². The Morgan fingerprint density at radius 3 is 2.55 bits per heavy atom. The number of hydrogen-bond donors (Lipinski definition) is 2. The number of rotatable bonds is 8. The summed E-state index contributed by atoms with van der Waals surface area (Å²) in [5.74, 6) is 1.37. The highest BCUT2D eigenvalue weighted by molar-refractivity contribution is 5.79. The van der Waals surface area contributed by atoms with E-state index >= 15 is 0 Å². The van der Waals surface area contributed by atoms with Crippen LogP contribution in [0.4, 0.5) is 0 Å². The molecule has 0 heterocycles. The number of aliphatic imine (C=N–C) groups is 1. The Morgan fingerprint density at radius 2 is 1.95 bits per heavy atom. The summed E-state index contributed by atoms with van der Waals surface area (Å²) in [5, 5.41) is 6.72. The van der Waals surface area contributed by atoms with Gasteiger partial charge < -0.3 is 15.4 Å². The molecule has 0 radical (unpaired) electrons. The third-order valence-corrected chi connectivity index (χ3v) is 3.78. The highest BCUT2D eigenvalue weighted by Crippen LogP contribution is 2.10. The summed E-state index contributed by atoms with van der Waals surface area (Å²) in [6, 6.07) is 8.39. The van der Waals surface area contributed by atoms with Crippen LogP contribution in [0.25, 0.3) is 0 Å². The van der Waals surface area contributed by atoms with Gasteiger partial charge in [0.15, 0.2) is 5.96 Å². The normalized spacial score (nSPS) is 13.3. The van der Waals surface area contributed by atoms with Crippen molar-refractivity contribution in [1.82, 2.24) is 10.6 Å². The highest BCUT2D eigenvalue weighted by Gasteiger charge is 2.12. The van der Waals surface area contributed by atoms with Crippen molar-refractivity contribution < 1.29 is 4.74 Å². The Balaban J connectivity index is 2.38. The van der Waals surface area contributed by atoms with Crippen molar-refractivity contribution >= 4 is 5.96 Å². The maximum atomic E-state index is 5.76. The summed E-state index contributed by atoms with van der Waals surface area (Å²) in [4.78, 5) is 4.27. The molecule has 1 aromatic rings. The van der Waals surface area contributed by atoms with E-state index in [1.54, 1.807) is 7.05 Å². The second-order valence-electron chi connectivity index (χ2n) is 5.81. The fraction of sp³-hybridized carbons (Fsp3) is 0.611. The van der Waals surface area contributed by atoms with Gasteiger partial charge in [-0.15, -0.1) is 0 Å². The summed E-state index contributed by atoms with van der Waals surface area (Å²) >= 11 is 0. The molecule has 0 bridgehead atoms. The van der Waals surface area contributed by atoms with Crippen LogP contribution in [-0.4, -0.2) is 32.3 Å². The first-order chi connectivity index (χ1) is 10.6. The molecule has 124 valence electrons. The van der Waals surface area contributed by atoms with Crippen LogP contribution in [0, 0.1) is 12.8 Å². The molecule has 0 saturated carbocycles. The van der Waals surface area contributed by atoms with Crippen LogP contribution in [0.3, 0.4) is 0 Å². The summed E-state index contributed by atoms with van der Waals surface area (Å²) in [7, 11) is 1.80. The maximum Gasteiger partial charge on any atom is 0.191 e. The molecule has 0 amide bonds. The van der Waals surface area contributed by atoms with Crippen molar-refractivity contribution in [3.63, 3.8) is 0 Å². The largest absolute Gasteiger partial charge is 0.378 e. The zero-order valence-electron chi connectivity index (χ0n) is 14.6. The van der Waals surface area contributed by atoms with Gasteiger partial charge >= 0.3 is 0 Å². The summed E-state index contributed by atoms with van der Waals surface area (Å²) in [6.07, 6.45) is 1.28. The van der Waals surface area contributed by atoms with E-state index in [9.17, 15) is 0 Å². The molecular weight excluding hydrogens is 274 g/mol. The molecule has 22 heavy (non-hydrogen) atoms. The Bertz CT molecular complexity index is 457. The van der Waals surface area contributed by atoms with Crippen LogP contribution in [0.15, 0.2) is 29.3 Å². The second-order valence-corrected chi connectivity index (χ2v) is 5.81. The number of benzene rings is 1. The lowest BCUT2D eigenvalue weighted by molar-refractivity contribution is 0.0258. The van der Waals surface area contributed by atoms with E-state index in [1.807, 2.05) is 6.92 Å². The second kappa shape index (κ2) is 10.2. The zero-order valence-corrected chi connectivity index (χ0v) is 14.6. The molecule has 1 rings (SSSR count). The van der Waals surface area contributed by atoms with Crippen LogP contribution in [0.2, 0.25) is 0 Å². The van der Waals surface area contributed by atoms with Crippen LogP contribution < -0.4 is 10.6 Å². The van der Waals surface area contributed by atoms with Gasteiger partial charge in [-0.3, -0.25) is 4.99 Å². The molecule has 0 fully saturated rings. The molecule has 0 aliphatic rings. The minimum absolute atomic E-state index is 0.298. The quantitative estimate of drug-likeness (QED) is 0.573. The van der Waals surface area contributed by atoms with E-state index in [0.717, 1.165) is 32.1 Å². The lowest BCUT2D eigenvalue weighted by Crippen LogP contribution is -2.39. The molecule has 1 unspecified atom stereocenters. The van der Waals surface area contributed by atoms with Crippen molar-refractivity contribution in [2.75, 3.05) is 20.2 Å². The van der Waals surface area contributed by atoms with Gasteiger partial charge in [0.1, 0.15) is 0 Å². The Hall–Kier alpha value is -1.55. The number of guanidine groups is 1. The Kier molecular flexibility index (Phi) is 8.60. The van der Waals surface area contributed by atoms with E-state index in [0.29, 0.717) is 12.0 Å². The van der Waals surface area contributed by atoms with Crippen LogP contribution in [-0.2, 0) is 11.3 Å². The van der Waals surface area contributed by atoms with Gasteiger partial charge in [-0.25, -0.2) is 0 Å². The van der Waals surface area contributed by atoms with Gasteiger partial charge in [0.25, 0.3) is 0 Å². The number of hydrogen-bond acceptors (Lipinski definition) is 2. The van der Waals surface area contributed by atoms with Gasteiger partial charge in [-0.1, -0.05) is 38.1 Å². The topological polar surface area (TPSA) is 45.6 Å². The molecule has 0 aliphatic carbocycles. The third kappa shape index (κ3) is 6.48. The van der Waals surface area contributed by atoms with Crippen molar-refractivity contribution in [3.8, 4) is 0 Å². The zero-order chi connectivity index (χ0) is 16.4. The van der Waals surface area contributed by atoms with E-state index in [1.165, 1.54) is 11.1 Å². The average Bonchev–Trinajstić information content (AvgIpc) is 2.50. The first-order valence-corrected chi connectivity index (χ1v) is 8.19. The minimum Gasteiger partial charge on any atom is -0.378 e. The Morgan fingerprint density at radius 1 is 1.23 bits per heavy atom. The number of nitrogens with zero attached hydrogens (tertiary/aromatic N) is 1. The smallest absolute Gasteiger partial charge is 0.191 e. The summed E-state index contributed by atoms with van der Waals surface area (Å²) in [6.45, 7) is 11.0. The van der Waals surface area contributed by atoms with Gasteiger partial charge in [0, 0.05) is 26.7 Å². The van der Waals surface area contributed by atoms with E-state index < -0.39 is 0 Å². The first kappa shape index (κ1) is 18.5. The molecule has 0 aromatic heterocycles. The van der Waals surface area contributed by atoms with Gasteiger partial charge in [0.2, 0.25) is 0 Å². The fourth-order valence-electron chi connectivity index (χ4n) is 2.36. The molecular formula is C18H31N3O. The monoisotopic (exact) mass is 305 g/mol. The average molecular weight is 305 g/mol. The first-order valence-electron chi connectivity index (χ1n) is 8.19. The molecule has 1 atom stereocenters. The summed E-state index contributed by atoms with van der Waals surface area (Å²) < 4.78 is 5.76. The van der Waals surface area contributed by atoms with Gasteiger partial charge in [-0.2, -0.15) is 0 Å². The van der Waals surface area contributed by atoms with Crippen LogP contribution in [0.1, 0.15) is 38.3 Å². The van der Waals surface area contributed by atoms with E-state index in [4.69, 9.17) is 4.74 Å². The lowest BCUT2D eigenvalue weighted by Gasteiger charge is -2.21. The summed E-state index contributed by atoms with van der Waals surface area (Å²) in [5.41, 5.74) is 2.58. The molecule has 4 nitrogen and oxygen atoms in total. The minimum atomic E-state index is 0.298. The van der Waals surface area contributed by atoms with Crippen LogP contribution >= 0.6 is 0 Å². The number of nitrogens with one attached hydrogen (secondary N) is 2. The van der Waals surface area contributed by atoms with Gasteiger partial charge in [-0.05, 0) is 37.3 Å². The SMILES string of the molecule is CCOC(CCNC(=NC)NCc1ccccc1C)C(C)C. The number of aryl methyl sites for hydroxylation is 1. The molecule has 2 N–H and O–H groups in total. The van der Waals surface area contributed by atoms with Crippen molar-refractivity contribution in [2.45, 2.75) is 46.8 Å². The van der Waals surface area contributed by atoms with Crippen molar-refractivity contribution in [2.24, 2.45) is 10.9 Å². The Labute approximate surface area is 135 Å². The predicted octanol–water partition coefficient (Wildman–Crippen LogP) is 3.11. The maximum absolute atomic E-state index is 5.76. The van der Waals surface area contributed by atoms with E-state index in [2.05, 4.69) is 60.7 Å². The molecule has 0 saturated heterocycles. The molecule has 0 aliphatic heterocycles. The highest BCUT2D eigenvalue weighted by atomic mass is 16.5. The molecule has 1 aromatic carbocycles. The number of ether oxygens (including phenoxy) is 1. The van der Waals surface area contributed by atoms with E-state index in [-0.39, 0.29) is 0 Å². The van der Waals surface area contributed by atoms with Gasteiger partial charge in [0.05, 0.1) is 6.10 Å². The standard InChI is InChI=1S/C18H31N3O/c1-6-22-17(14(2)3)11-12-20-18(19-5)21-13-16-10-8-7-9-15(16)4/h7-10,14,17H,6,11-13H2,1-5H3,(H2,19,20,21). The lowest BCUT2D eigenvalue weighted by atomic mass is 10.0. The third-order valence-electron chi connectivity index (χ3n) is 3.78. The van der Waals surface area contributed by atoms with Crippen LogP contribution in [0.5, 0.6) is 0 Å².